The second-order valence-electron chi connectivity index (χ2n) is 5.66. The molecule has 0 heterocycles. The van der Waals surface area contributed by atoms with E-state index in [4.69, 9.17) is 0 Å². The molecule has 0 amide bonds. The lowest BCUT2D eigenvalue weighted by molar-refractivity contribution is 0.170. The Morgan fingerprint density at radius 1 is 0.938 bits per heavy atom. The summed E-state index contributed by atoms with van der Waals surface area (Å²) < 4.78 is 0. The number of rotatable bonds is 8. The minimum absolute atomic E-state index is 0.573. The molecule has 0 aliphatic carbocycles. The van der Waals surface area contributed by atoms with Crippen LogP contribution in [-0.2, 0) is 0 Å². The lowest BCUT2D eigenvalue weighted by Gasteiger charge is -2.32. The molecule has 1 unspecified atom stereocenters. The van der Waals surface area contributed by atoms with Crippen LogP contribution in [0.15, 0.2) is 0 Å². The standard InChI is InChI=1S/C13H31N3/c1-11(2)13(10-14-12(3)4)16(7)9-8-15(5)6/h11-14H,8-10H2,1-7H3. The van der Waals surface area contributed by atoms with Crippen molar-refractivity contribution in [2.24, 2.45) is 5.92 Å². The van der Waals surface area contributed by atoms with Gasteiger partial charge in [-0.3, -0.25) is 0 Å². The number of likely N-dealkylation sites (N-methyl/N-ethyl adjacent to an activating group) is 2. The molecule has 0 saturated carbocycles. The second kappa shape index (κ2) is 8.04. The second-order valence-corrected chi connectivity index (χ2v) is 5.66. The maximum atomic E-state index is 3.54. The highest BCUT2D eigenvalue weighted by atomic mass is 15.2. The van der Waals surface area contributed by atoms with Crippen molar-refractivity contribution in [3.8, 4) is 0 Å². The molecule has 0 aliphatic rings. The van der Waals surface area contributed by atoms with E-state index in [2.05, 4.69) is 64.0 Å². The Bertz CT molecular complexity index is 167. The minimum Gasteiger partial charge on any atom is -0.313 e. The molecule has 1 atom stereocenters. The maximum Gasteiger partial charge on any atom is 0.0241 e. The Morgan fingerprint density at radius 2 is 1.50 bits per heavy atom. The summed E-state index contributed by atoms with van der Waals surface area (Å²) in [6, 6.07) is 1.20. The van der Waals surface area contributed by atoms with E-state index in [1.54, 1.807) is 0 Å². The maximum absolute atomic E-state index is 3.54. The largest absolute Gasteiger partial charge is 0.313 e. The molecule has 3 heteroatoms. The molecule has 3 nitrogen and oxygen atoms in total. The van der Waals surface area contributed by atoms with Crippen LogP contribution in [0, 0.1) is 5.92 Å². The first kappa shape index (κ1) is 15.9. The van der Waals surface area contributed by atoms with Gasteiger partial charge in [-0.05, 0) is 27.1 Å². The van der Waals surface area contributed by atoms with E-state index in [9.17, 15) is 0 Å². The summed E-state index contributed by atoms with van der Waals surface area (Å²) in [7, 11) is 6.49. The van der Waals surface area contributed by atoms with E-state index < -0.39 is 0 Å². The number of hydrogen-bond donors (Lipinski definition) is 1. The molecule has 0 saturated heterocycles. The molecule has 98 valence electrons. The van der Waals surface area contributed by atoms with Crippen molar-refractivity contribution in [2.75, 3.05) is 40.8 Å². The molecule has 0 aliphatic heterocycles. The van der Waals surface area contributed by atoms with Crippen LogP contribution < -0.4 is 5.32 Å². The van der Waals surface area contributed by atoms with Crippen LogP contribution in [-0.4, -0.2) is 62.7 Å². The third kappa shape index (κ3) is 7.20. The third-order valence-corrected chi connectivity index (χ3v) is 2.97. The Balaban J connectivity index is 4.08. The van der Waals surface area contributed by atoms with E-state index in [1.165, 1.54) is 0 Å². The zero-order chi connectivity index (χ0) is 12.7. The summed E-state index contributed by atoms with van der Waals surface area (Å²) in [6.07, 6.45) is 0. The molecule has 0 rings (SSSR count). The van der Waals surface area contributed by atoms with Gasteiger partial charge in [0.05, 0.1) is 0 Å². The first-order chi connectivity index (χ1) is 7.34. The number of nitrogens with one attached hydrogen (secondary N) is 1. The average molecular weight is 229 g/mol. The van der Waals surface area contributed by atoms with Gasteiger partial charge in [-0.1, -0.05) is 27.7 Å². The third-order valence-electron chi connectivity index (χ3n) is 2.97. The Labute approximate surface area is 102 Å². The molecular formula is C13H31N3. The van der Waals surface area contributed by atoms with Gasteiger partial charge in [0.25, 0.3) is 0 Å². The molecule has 0 bridgehead atoms. The van der Waals surface area contributed by atoms with Crippen molar-refractivity contribution in [1.82, 2.24) is 15.1 Å². The van der Waals surface area contributed by atoms with E-state index in [0.29, 0.717) is 18.0 Å². The zero-order valence-corrected chi connectivity index (χ0v) is 12.2. The predicted molar refractivity (Wildman–Crippen MR) is 72.9 cm³/mol. The van der Waals surface area contributed by atoms with Gasteiger partial charge in [0.2, 0.25) is 0 Å². The van der Waals surface area contributed by atoms with E-state index in [-0.39, 0.29) is 0 Å². The minimum atomic E-state index is 0.573. The van der Waals surface area contributed by atoms with Crippen molar-refractivity contribution >= 4 is 0 Å². The summed E-state index contributed by atoms with van der Waals surface area (Å²) in [5, 5.41) is 3.54. The molecule has 16 heavy (non-hydrogen) atoms. The van der Waals surface area contributed by atoms with Crippen molar-refractivity contribution in [3.05, 3.63) is 0 Å². The topological polar surface area (TPSA) is 18.5 Å². The van der Waals surface area contributed by atoms with Crippen LogP contribution in [0.1, 0.15) is 27.7 Å². The number of hydrogen-bond acceptors (Lipinski definition) is 3. The molecule has 0 aromatic rings. The highest BCUT2D eigenvalue weighted by molar-refractivity contribution is 4.76. The SMILES string of the molecule is CC(C)NCC(C(C)C)N(C)CCN(C)C. The predicted octanol–water partition coefficient (Wildman–Crippen LogP) is 1.50. The highest BCUT2D eigenvalue weighted by Gasteiger charge is 2.18. The molecule has 0 fully saturated rings. The molecule has 0 spiro atoms. The summed E-state index contributed by atoms with van der Waals surface area (Å²) in [5.74, 6) is 0.693. The van der Waals surface area contributed by atoms with Gasteiger partial charge in [0.15, 0.2) is 0 Å². The lowest BCUT2D eigenvalue weighted by Crippen LogP contribution is -2.47. The number of nitrogens with zero attached hydrogens (tertiary/aromatic N) is 2. The van der Waals surface area contributed by atoms with E-state index in [1.807, 2.05) is 0 Å². The first-order valence-corrected chi connectivity index (χ1v) is 6.43. The molecule has 1 N–H and O–H groups in total. The van der Waals surface area contributed by atoms with Gasteiger partial charge >= 0.3 is 0 Å². The smallest absolute Gasteiger partial charge is 0.0241 e. The summed E-state index contributed by atoms with van der Waals surface area (Å²) in [5.41, 5.74) is 0. The van der Waals surface area contributed by atoms with Crippen LogP contribution in [0.3, 0.4) is 0 Å². The van der Waals surface area contributed by atoms with Crippen LogP contribution in [0.5, 0.6) is 0 Å². The van der Waals surface area contributed by atoms with Crippen LogP contribution >= 0.6 is 0 Å². The van der Waals surface area contributed by atoms with Gasteiger partial charge in [-0.2, -0.15) is 0 Å². The fraction of sp³-hybridized carbons (Fsp3) is 1.00. The first-order valence-electron chi connectivity index (χ1n) is 6.43. The lowest BCUT2D eigenvalue weighted by atomic mass is 10.0. The van der Waals surface area contributed by atoms with Gasteiger partial charge in [0, 0.05) is 31.7 Å². The quantitative estimate of drug-likeness (QED) is 0.680. The van der Waals surface area contributed by atoms with E-state index in [0.717, 1.165) is 19.6 Å². The van der Waals surface area contributed by atoms with Gasteiger partial charge in [-0.25, -0.2) is 0 Å². The van der Waals surface area contributed by atoms with Crippen molar-refractivity contribution < 1.29 is 0 Å². The Hall–Kier alpha value is -0.120. The molecular weight excluding hydrogens is 198 g/mol. The summed E-state index contributed by atoms with van der Waals surface area (Å²) >= 11 is 0. The van der Waals surface area contributed by atoms with Crippen molar-refractivity contribution in [1.29, 1.82) is 0 Å². The fourth-order valence-corrected chi connectivity index (χ4v) is 1.78. The van der Waals surface area contributed by atoms with Crippen LogP contribution in [0.25, 0.3) is 0 Å². The van der Waals surface area contributed by atoms with Gasteiger partial charge in [-0.15, -0.1) is 0 Å². The molecule has 0 aromatic carbocycles. The Morgan fingerprint density at radius 3 is 1.88 bits per heavy atom. The average Bonchev–Trinajstić information content (AvgIpc) is 2.13. The van der Waals surface area contributed by atoms with E-state index >= 15 is 0 Å². The monoisotopic (exact) mass is 229 g/mol. The normalized spacial score (nSPS) is 14.4. The zero-order valence-electron chi connectivity index (χ0n) is 12.2. The fourth-order valence-electron chi connectivity index (χ4n) is 1.78. The summed E-state index contributed by atoms with van der Waals surface area (Å²) in [4.78, 5) is 4.71. The van der Waals surface area contributed by atoms with Gasteiger partial charge < -0.3 is 15.1 Å². The van der Waals surface area contributed by atoms with Crippen LogP contribution in [0.2, 0.25) is 0 Å². The van der Waals surface area contributed by atoms with Gasteiger partial charge in [0.1, 0.15) is 0 Å². The Kier molecular flexibility index (Phi) is 7.98. The summed E-state index contributed by atoms with van der Waals surface area (Å²) in [6.45, 7) is 12.4. The van der Waals surface area contributed by atoms with Crippen molar-refractivity contribution in [3.63, 3.8) is 0 Å². The molecule has 0 radical (unpaired) electrons. The van der Waals surface area contributed by atoms with Crippen LogP contribution in [0.4, 0.5) is 0 Å². The molecule has 0 aromatic heterocycles. The van der Waals surface area contributed by atoms with Crippen molar-refractivity contribution in [2.45, 2.75) is 39.8 Å². The highest BCUT2D eigenvalue weighted by Crippen LogP contribution is 2.08.